The molecule has 2 N–H and O–H groups in total. The summed E-state index contributed by atoms with van der Waals surface area (Å²) in [5.41, 5.74) is 1.29. The number of Topliss-reactive ketones (excluding diaryl/α,β-unsaturated/α-hetero) is 1. The third-order valence-corrected chi connectivity index (χ3v) is 7.13. The van der Waals surface area contributed by atoms with Gasteiger partial charge in [0.25, 0.3) is 11.7 Å². The van der Waals surface area contributed by atoms with Gasteiger partial charge in [0.05, 0.1) is 44.0 Å². The molecule has 10 heteroatoms. The van der Waals surface area contributed by atoms with Crippen LogP contribution in [-0.2, 0) is 19.1 Å². The van der Waals surface area contributed by atoms with Crippen molar-refractivity contribution < 1.29 is 43.3 Å². The van der Waals surface area contributed by atoms with E-state index in [1.807, 2.05) is 0 Å². The molecule has 2 aromatic rings. The van der Waals surface area contributed by atoms with E-state index in [2.05, 4.69) is 0 Å². The van der Waals surface area contributed by atoms with Crippen LogP contribution in [0.4, 0.5) is 0 Å². The lowest BCUT2D eigenvalue weighted by Crippen LogP contribution is -3.14. The molecule has 0 bridgehead atoms. The summed E-state index contributed by atoms with van der Waals surface area (Å²) < 4.78 is 21.4. The van der Waals surface area contributed by atoms with Gasteiger partial charge in [-0.25, -0.2) is 4.79 Å². The Morgan fingerprint density at radius 1 is 1.00 bits per heavy atom. The number of aliphatic hydroxyl groups is 1. The summed E-state index contributed by atoms with van der Waals surface area (Å²) in [5, 5.41) is 11.4. The molecule has 3 aliphatic rings. The third kappa shape index (κ3) is 5.09. The van der Waals surface area contributed by atoms with Gasteiger partial charge in [-0.15, -0.1) is 0 Å². The Hall–Kier alpha value is -3.89. The third-order valence-electron chi connectivity index (χ3n) is 7.13. The Kier molecular flexibility index (Phi) is 7.62. The molecule has 3 heterocycles. The van der Waals surface area contributed by atoms with Crippen LogP contribution in [-0.4, -0.2) is 87.4 Å². The highest BCUT2D eigenvalue weighted by atomic mass is 16.6. The summed E-state index contributed by atoms with van der Waals surface area (Å²) in [5.74, 6) is -1.18. The molecular weight excluding hydrogens is 492 g/mol. The van der Waals surface area contributed by atoms with E-state index in [1.54, 1.807) is 42.5 Å². The number of fused-ring (bicyclic) bond motifs is 1. The number of nitrogens with zero attached hydrogens (tertiary/aromatic N) is 1. The SMILES string of the molecule is COC(=O)c1ccc(C2C(=C(O)c3ccc4c(c3)OCCO4)C(=O)C(=O)N2CCC[NH+]2CCOCC2)cc1. The predicted molar refractivity (Wildman–Crippen MR) is 135 cm³/mol. The van der Waals surface area contributed by atoms with Crippen LogP contribution in [0.2, 0.25) is 0 Å². The van der Waals surface area contributed by atoms with Crippen molar-refractivity contribution in [2.45, 2.75) is 12.5 Å². The fourth-order valence-corrected chi connectivity index (χ4v) is 5.13. The number of methoxy groups -OCH3 is 1. The van der Waals surface area contributed by atoms with Gasteiger partial charge in [-0.05, 0) is 35.9 Å². The molecule has 1 unspecified atom stereocenters. The van der Waals surface area contributed by atoms with Crippen molar-refractivity contribution in [1.29, 1.82) is 0 Å². The van der Waals surface area contributed by atoms with E-state index in [4.69, 9.17) is 18.9 Å². The number of ether oxygens (including phenoxy) is 4. The van der Waals surface area contributed by atoms with Crippen molar-refractivity contribution in [1.82, 2.24) is 4.90 Å². The summed E-state index contributed by atoms with van der Waals surface area (Å²) in [6.07, 6.45) is 0.684. The van der Waals surface area contributed by atoms with Crippen LogP contribution in [0.15, 0.2) is 48.0 Å². The number of likely N-dealkylation sites (tertiary alicyclic amines) is 1. The van der Waals surface area contributed by atoms with Gasteiger partial charge in [-0.2, -0.15) is 0 Å². The van der Waals surface area contributed by atoms with E-state index in [9.17, 15) is 19.5 Å². The Labute approximate surface area is 220 Å². The van der Waals surface area contributed by atoms with Crippen molar-refractivity contribution in [2.24, 2.45) is 0 Å². The number of ketones is 1. The zero-order valence-corrected chi connectivity index (χ0v) is 21.2. The topological polar surface area (TPSA) is 116 Å². The number of hydrogen-bond acceptors (Lipinski definition) is 8. The molecule has 10 nitrogen and oxygen atoms in total. The van der Waals surface area contributed by atoms with Gasteiger partial charge in [-0.3, -0.25) is 9.59 Å². The number of benzene rings is 2. The van der Waals surface area contributed by atoms with Gasteiger partial charge in [0.15, 0.2) is 11.5 Å². The smallest absolute Gasteiger partial charge is 0.337 e. The number of nitrogens with one attached hydrogen (secondary N) is 1. The molecule has 0 radical (unpaired) electrons. The normalized spacial score (nSPS) is 21.0. The first-order valence-corrected chi connectivity index (χ1v) is 12.8. The molecule has 3 aliphatic heterocycles. The number of morpholine rings is 1. The lowest BCUT2D eigenvalue weighted by Gasteiger charge is -2.27. The van der Waals surface area contributed by atoms with E-state index >= 15 is 0 Å². The van der Waals surface area contributed by atoms with Crippen LogP contribution in [0.5, 0.6) is 11.5 Å². The number of hydrogen-bond donors (Lipinski definition) is 2. The molecule has 0 saturated carbocycles. The molecule has 1 atom stereocenters. The second kappa shape index (κ2) is 11.2. The van der Waals surface area contributed by atoms with E-state index in [-0.39, 0.29) is 11.3 Å². The lowest BCUT2D eigenvalue weighted by molar-refractivity contribution is -0.908. The monoisotopic (exact) mass is 523 g/mol. The lowest BCUT2D eigenvalue weighted by atomic mass is 9.94. The molecule has 2 saturated heterocycles. The van der Waals surface area contributed by atoms with Crippen LogP contribution in [0, 0.1) is 0 Å². The Bertz CT molecular complexity index is 1250. The molecule has 38 heavy (non-hydrogen) atoms. The van der Waals surface area contributed by atoms with Crippen LogP contribution in [0.25, 0.3) is 5.76 Å². The van der Waals surface area contributed by atoms with Crippen LogP contribution in [0.3, 0.4) is 0 Å². The number of aliphatic hydroxyl groups excluding tert-OH is 1. The average Bonchev–Trinajstić information content (AvgIpc) is 3.21. The maximum absolute atomic E-state index is 13.3. The van der Waals surface area contributed by atoms with E-state index in [1.165, 1.54) is 16.9 Å². The van der Waals surface area contributed by atoms with Gasteiger partial charge < -0.3 is 33.9 Å². The second-order valence-electron chi connectivity index (χ2n) is 9.43. The van der Waals surface area contributed by atoms with E-state index < -0.39 is 23.7 Å². The molecule has 0 aliphatic carbocycles. The average molecular weight is 524 g/mol. The Morgan fingerprint density at radius 2 is 1.68 bits per heavy atom. The van der Waals surface area contributed by atoms with Crippen molar-refractivity contribution in [2.75, 3.05) is 59.7 Å². The maximum atomic E-state index is 13.3. The zero-order valence-electron chi connectivity index (χ0n) is 21.2. The van der Waals surface area contributed by atoms with Crippen molar-refractivity contribution in [3.63, 3.8) is 0 Å². The highest BCUT2D eigenvalue weighted by molar-refractivity contribution is 6.46. The first kappa shape index (κ1) is 25.7. The van der Waals surface area contributed by atoms with Crippen molar-refractivity contribution in [3.05, 3.63) is 64.7 Å². The molecule has 0 aromatic heterocycles. The van der Waals surface area contributed by atoms with Crippen molar-refractivity contribution >= 4 is 23.4 Å². The number of amides is 1. The highest BCUT2D eigenvalue weighted by Crippen LogP contribution is 2.41. The molecule has 2 aromatic carbocycles. The number of carbonyl (C=O) groups excluding carboxylic acids is 3. The van der Waals surface area contributed by atoms with Gasteiger partial charge in [-0.1, -0.05) is 12.1 Å². The van der Waals surface area contributed by atoms with Gasteiger partial charge in [0.2, 0.25) is 0 Å². The Balaban J connectivity index is 1.49. The predicted octanol–water partition coefficient (Wildman–Crippen LogP) is 0.971. The molecule has 200 valence electrons. The quantitative estimate of drug-likeness (QED) is 0.239. The number of rotatable bonds is 7. The first-order chi connectivity index (χ1) is 18.5. The number of quaternary nitrogens is 1. The standard InChI is InChI=1S/C28H30N2O8/c1-35-28(34)19-5-3-18(4-6-19)24-23(25(31)20-7-8-21-22(17-20)38-16-15-37-21)26(32)27(33)30(24)10-2-9-29-11-13-36-14-12-29/h3-8,17,24,31H,2,9-16H2,1H3/p+1. The fraction of sp³-hybridized carbons (Fsp3) is 0.393. The minimum atomic E-state index is -0.811. The largest absolute Gasteiger partial charge is 0.507 e. The zero-order chi connectivity index (χ0) is 26.6. The minimum Gasteiger partial charge on any atom is -0.507 e. The molecule has 5 rings (SSSR count). The fourth-order valence-electron chi connectivity index (χ4n) is 5.13. The number of esters is 1. The van der Waals surface area contributed by atoms with Crippen LogP contribution in [0.1, 0.15) is 33.9 Å². The number of carbonyl (C=O) groups is 3. The van der Waals surface area contributed by atoms with E-state index in [0.717, 1.165) is 19.6 Å². The molecule has 1 amide bonds. The van der Waals surface area contributed by atoms with Crippen LogP contribution < -0.4 is 14.4 Å². The molecule has 2 fully saturated rings. The highest BCUT2D eigenvalue weighted by Gasteiger charge is 2.46. The van der Waals surface area contributed by atoms with Gasteiger partial charge in [0, 0.05) is 18.5 Å². The summed E-state index contributed by atoms with van der Waals surface area (Å²) in [6, 6.07) is 10.6. The summed E-state index contributed by atoms with van der Waals surface area (Å²) in [4.78, 5) is 41.4. The van der Waals surface area contributed by atoms with Crippen molar-refractivity contribution in [3.8, 4) is 11.5 Å². The summed E-state index contributed by atoms with van der Waals surface area (Å²) >= 11 is 0. The molecule has 0 spiro atoms. The Morgan fingerprint density at radius 3 is 2.39 bits per heavy atom. The van der Waals surface area contributed by atoms with Gasteiger partial charge in [0.1, 0.15) is 32.1 Å². The summed E-state index contributed by atoms with van der Waals surface area (Å²) in [7, 11) is 1.30. The second-order valence-corrected chi connectivity index (χ2v) is 9.43. The first-order valence-electron chi connectivity index (χ1n) is 12.8. The van der Waals surface area contributed by atoms with Crippen LogP contribution >= 0.6 is 0 Å². The minimum absolute atomic E-state index is 0.00350. The van der Waals surface area contributed by atoms with Gasteiger partial charge >= 0.3 is 5.97 Å². The molecular formula is C28H31N2O8+. The summed E-state index contributed by atoms with van der Waals surface area (Å²) in [6.45, 7) is 5.21. The maximum Gasteiger partial charge on any atom is 0.337 e. The van der Waals surface area contributed by atoms with E-state index in [0.29, 0.717) is 67.6 Å².